The van der Waals surface area contributed by atoms with Crippen molar-refractivity contribution in [3.63, 3.8) is 0 Å². The monoisotopic (exact) mass is 280 g/mol. The zero-order chi connectivity index (χ0) is 14.8. The molecule has 0 aromatic heterocycles. The molecule has 2 fully saturated rings. The van der Waals surface area contributed by atoms with E-state index in [1.165, 1.54) is 29.2 Å². The van der Waals surface area contributed by atoms with Crippen molar-refractivity contribution in [3.8, 4) is 0 Å². The molecule has 3 unspecified atom stereocenters. The van der Waals surface area contributed by atoms with Crippen molar-refractivity contribution in [2.45, 2.75) is 45.6 Å². The summed E-state index contributed by atoms with van der Waals surface area (Å²) in [4.78, 5) is 0. The summed E-state index contributed by atoms with van der Waals surface area (Å²) >= 11 is 0. The van der Waals surface area contributed by atoms with Gasteiger partial charge in [0.2, 0.25) is 0 Å². The van der Waals surface area contributed by atoms with Gasteiger partial charge in [0.15, 0.2) is 0 Å². The molecule has 2 aliphatic carbocycles. The van der Waals surface area contributed by atoms with E-state index < -0.39 is 0 Å². The number of aliphatic hydroxyl groups excluding tert-OH is 1. The van der Waals surface area contributed by atoms with Gasteiger partial charge in [0.05, 0.1) is 6.10 Å². The summed E-state index contributed by atoms with van der Waals surface area (Å²) in [6.07, 6.45) is 2.20. The van der Waals surface area contributed by atoms with E-state index in [-0.39, 0.29) is 22.9 Å². The molecule has 21 heavy (non-hydrogen) atoms. The number of fused-ring (bicyclic) bond motifs is 3. The van der Waals surface area contributed by atoms with Crippen molar-refractivity contribution in [2.24, 2.45) is 16.7 Å². The normalized spacial score (nSPS) is 37.2. The molecule has 1 N–H and O–H groups in total. The Morgan fingerprint density at radius 2 is 1.71 bits per heavy atom. The van der Waals surface area contributed by atoms with Crippen LogP contribution >= 0.6 is 0 Å². The summed E-state index contributed by atoms with van der Waals surface area (Å²) in [5, 5.41) is 13.6. The van der Waals surface area contributed by atoms with Gasteiger partial charge in [-0.15, -0.1) is 0 Å². The highest BCUT2D eigenvalue weighted by Crippen LogP contribution is 2.71. The Kier molecular flexibility index (Phi) is 2.60. The van der Waals surface area contributed by atoms with Crippen LogP contribution in [0.1, 0.15) is 45.1 Å². The highest BCUT2D eigenvalue weighted by atomic mass is 16.3. The third-order valence-electron chi connectivity index (χ3n) is 6.97. The molecular formula is C20H24O. The first-order chi connectivity index (χ1) is 9.97. The molecule has 0 amide bonds. The Bertz CT molecular complexity index is 697. The molecule has 0 radical (unpaired) electrons. The van der Waals surface area contributed by atoms with Crippen molar-refractivity contribution in [1.29, 1.82) is 0 Å². The predicted molar refractivity (Wildman–Crippen MR) is 87.3 cm³/mol. The van der Waals surface area contributed by atoms with Crippen molar-refractivity contribution < 1.29 is 5.11 Å². The van der Waals surface area contributed by atoms with Gasteiger partial charge < -0.3 is 5.11 Å². The number of hydrogen-bond acceptors (Lipinski definition) is 1. The first-order valence-electron chi connectivity index (χ1n) is 8.12. The van der Waals surface area contributed by atoms with Crippen LogP contribution in [0, 0.1) is 16.7 Å². The van der Waals surface area contributed by atoms with E-state index >= 15 is 0 Å². The maximum absolute atomic E-state index is 11.0. The predicted octanol–water partition coefficient (Wildman–Crippen LogP) is 4.74. The Balaban J connectivity index is 1.94. The van der Waals surface area contributed by atoms with Crippen molar-refractivity contribution in [2.75, 3.05) is 0 Å². The zero-order valence-electron chi connectivity index (χ0n) is 13.1. The highest BCUT2D eigenvalue weighted by Gasteiger charge is 2.66. The quantitative estimate of drug-likeness (QED) is 0.800. The smallest absolute Gasteiger partial charge is 0.0647 e. The Morgan fingerprint density at radius 3 is 2.43 bits per heavy atom. The lowest BCUT2D eigenvalue weighted by atomic mass is 9.64. The lowest BCUT2D eigenvalue weighted by Crippen LogP contribution is -2.33. The molecule has 1 heteroatoms. The van der Waals surface area contributed by atoms with Crippen LogP contribution in [0.2, 0.25) is 0 Å². The van der Waals surface area contributed by atoms with Crippen LogP contribution < -0.4 is 0 Å². The molecular weight excluding hydrogens is 256 g/mol. The molecule has 2 aliphatic rings. The Morgan fingerprint density at radius 1 is 1.00 bits per heavy atom. The summed E-state index contributed by atoms with van der Waals surface area (Å²) in [5.41, 5.74) is 1.76. The summed E-state index contributed by atoms with van der Waals surface area (Å²) in [6.45, 7) is 7.12. The second-order valence-electron chi connectivity index (χ2n) is 7.82. The molecule has 2 aromatic rings. The first kappa shape index (κ1) is 13.3. The lowest BCUT2D eigenvalue weighted by Gasteiger charge is -2.40. The van der Waals surface area contributed by atoms with Gasteiger partial charge in [0, 0.05) is 5.92 Å². The number of benzene rings is 2. The number of aliphatic hydroxyl groups is 1. The van der Waals surface area contributed by atoms with Crippen LogP contribution in [-0.4, -0.2) is 11.2 Å². The van der Waals surface area contributed by atoms with Crippen LogP contribution in [0.3, 0.4) is 0 Å². The maximum Gasteiger partial charge on any atom is 0.0647 e. The van der Waals surface area contributed by atoms with Gasteiger partial charge in [-0.05, 0) is 45.9 Å². The Labute approximate surface area is 127 Å². The fourth-order valence-corrected chi connectivity index (χ4v) is 5.37. The number of rotatable bonds is 1. The topological polar surface area (TPSA) is 20.2 Å². The van der Waals surface area contributed by atoms with E-state index in [1.54, 1.807) is 0 Å². The molecule has 2 saturated carbocycles. The van der Waals surface area contributed by atoms with Crippen LogP contribution in [-0.2, 0) is 0 Å². The minimum Gasteiger partial charge on any atom is -0.392 e. The second-order valence-corrected chi connectivity index (χ2v) is 7.82. The van der Waals surface area contributed by atoms with E-state index in [0.29, 0.717) is 5.92 Å². The average molecular weight is 280 g/mol. The second kappa shape index (κ2) is 4.10. The first-order valence-corrected chi connectivity index (χ1v) is 8.12. The van der Waals surface area contributed by atoms with Crippen molar-refractivity contribution >= 4 is 10.8 Å². The SMILES string of the molecule is CC1(C)C2CC[C@]1(C)C(c1cccc3ccccc13)C2O. The number of hydrogen-bond donors (Lipinski definition) is 1. The van der Waals surface area contributed by atoms with Gasteiger partial charge in [-0.1, -0.05) is 63.2 Å². The zero-order valence-corrected chi connectivity index (χ0v) is 13.1. The summed E-state index contributed by atoms with van der Waals surface area (Å²) in [5.74, 6) is 0.698. The van der Waals surface area contributed by atoms with E-state index in [4.69, 9.17) is 0 Å². The molecule has 4 rings (SSSR count). The van der Waals surface area contributed by atoms with Gasteiger partial charge >= 0.3 is 0 Å². The van der Waals surface area contributed by atoms with Crippen LogP contribution in [0.25, 0.3) is 10.8 Å². The molecule has 0 heterocycles. The van der Waals surface area contributed by atoms with Crippen molar-refractivity contribution in [1.82, 2.24) is 0 Å². The summed E-state index contributed by atoms with van der Waals surface area (Å²) < 4.78 is 0. The van der Waals surface area contributed by atoms with Crippen molar-refractivity contribution in [3.05, 3.63) is 48.0 Å². The van der Waals surface area contributed by atoms with E-state index in [2.05, 4.69) is 63.2 Å². The molecule has 0 saturated heterocycles. The fourth-order valence-electron chi connectivity index (χ4n) is 5.37. The van der Waals surface area contributed by atoms with Crippen LogP contribution in [0.4, 0.5) is 0 Å². The van der Waals surface area contributed by atoms with Gasteiger partial charge in [0.25, 0.3) is 0 Å². The average Bonchev–Trinajstić information content (AvgIpc) is 2.77. The maximum atomic E-state index is 11.0. The van der Waals surface area contributed by atoms with Gasteiger partial charge in [0.1, 0.15) is 0 Å². The van der Waals surface area contributed by atoms with Crippen LogP contribution in [0.5, 0.6) is 0 Å². The molecule has 110 valence electrons. The van der Waals surface area contributed by atoms with Gasteiger partial charge in [-0.25, -0.2) is 0 Å². The van der Waals surface area contributed by atoms with Crippen LogP contribution in [0.15, 0.2) is 42.5 Å². The molecule has 2 aromatic carbocycles. The lowest BCUT2D eigenvalue weighted by molar-refractivity contribution is 0.0737. The standard InChI is InChI=1S/C20H24O/c1-19(2)16-11-12-20(19,3)17(18(16)21)15-10-6-8-13-7-4-5-9-14(13)15/h4-10,16-18,21H,11-12H2,1-3H3/t16?,17?,18?,20-/m1/s1. The minimum atomic E-state index is -0.204. The third-order valence-corrected chi connectivity index (χ3v) is 6.97. The highest BCUT2D eigenvalue weighted by molar-refractivity contribution is 5.86. The molecule has 0 aliphatic heterocycles. The molecule has 4 atom stereocenters. The van der Waals surface area contributed by atoms with E-state index in [1.807, 2.05) is 0 Å². The molecule has 1 nitrogen and oxygen atoms in total. The van der Waals surface area contributed by atoms with E-state index in [9.17, 15) is 5.11 Å². The fraction of sp³-hybridized carbons (Fsp3) is 0.500. The third kappa shape index (κ3) is 1.51. The van der Waals surface area contributed by atoms with E-state index in [0.717, 1.165) is 0 Å². The summed E-state index contributed by atoms with van der Waals surface area (Å²) in [6, 6.07) is 15.1. The minimum absolute atomic E-state index is 0.196. The molecule has 2 bridgehead atoms. The largest absolute Gasteiger partial charge is 0.392 e. The Hall–Kier alpha value is -1.34. The summed E-state index contributed by atoms with van der Waals surface area (Å²) in [7, 11) is 0. The van der Waals surface area contributed by atoms with Gasteiger partial charge in [-0.2, -0.15) is 0 Å². The van der Waals surface area contributed by atoms with Gasteiger partial charge in [-0.3, -0.25) is 0 Å². The molecule has 0 spiro atoms.